The summed E-state index contributed by atoms with van der Waals surface area (Å²) < 4.78 is 6.17. The Kier molecular flexibility index (Phi) is 3.54. The van der Waals surface area contributed by atoms with Gasteiger partial charge in [0.15, 0.2) is 0 Å². The van der Waals surface area contributed by atoms with Crippen molar-refractivity contribution >= 4 is 33.0 Å². The smallest absolute Gasteiger partial charge is 0.122 e. The van der Waals surface area contributed by atoms with Crippen LogP contribution in [0.3, 0.4) is 0 Å². The Balaban J connectivity index is 2.23. The van der Waals surface area contributed by atoms with Crippen LogP contribution in [0.25, 0.3) is 0 Å². The summed E-state index contributed by atoms with van der Waals surface area (Å²) in [5.74, 6) is 0.803. The summed E-state index contributed by atoms with van der Waals surface area (Å²) in [7, 11) is 1.65. The molecule has 88 valence electrons. The van der Waals surface area contributed by atoms with Crippen molar-refractivity contribution in [1.82, 2.24) is 0 Å². The van der Waals surface area contributed by atoms with Gasteiger partial charge in [0.2, 0.25) is 0 Å². The maximum absolute atomic E-state index is 5.63. The highest BCUT2D eigenvalue weighted by Crippen LogP contribution is 2.27. The topological polar surface area (TPSA) is 47.3 Å². The molecule has 0 radical (unpaired) electrons. The molecule has 0 unspecified atom stereocenters. The second-order valence-corrected chi connectivity index (χ2v) is 4.54. The molecule has 4 heteroatoms. The normalized spacial score (nSPS) is 10.0. The fourth-order valence-corrected chi connectivity index (χ4v) is 1.96. The van der Waals surface area contributed by atoms with E-state index in [2.05, 4.69) is 21.2 Å². The van der Waals surface area contributed by atoms with E-state index < -0.39 is 0 Å². The fraction of sp³-hybridized carbons (Fsp3) is 0.0769. The molecular weight excluding hydrogens is 280 g/mol. The Labute approximate surface area is 109 Å². The van der Waals surface area contributed by atoms with E-state index in [4.69, 9.17) is 10.5 Å². The number of ether oxygens (including phenoxy) is 1. The van der Waals surface area contributed by atoms with Crippen LogP contribution in [0.15, 0.2) is 46.9 Å². The van der Waals surface area contributed by atoms with Gasteiger partial charge in [0.05, 0.1) is 7.11 Å². The predicted molar refractivity (Wildman–Crippen MR) is 74.8 cm³/mol. The maximum atomic E-state index is 5.63. The van der Waals surface area contributed by atoms with Gasteiger partial charge in [-0.05, 0) is 36.4 Å². The first kappa shape index (κ1) is 11.8. The third-order valence-electron chi connectivity index (χ3n) is 2.31. The van der Waals surface area contributed by atoms with E-state index in [0.717, 1.165) is 27.3 Å². The number of rotatable bonds is 3. The Morgan fingerprint density at radius 2 is 1.76 bits per heavy atom. The SMILES string of the molecule is COc1cc(Br)cc(Nc2ccc(N)cc2)c1. The highest BCUT2D eigenvalue weighted by atomic mass is 79.9. The molecule has 0 aromatic heterocycles. The van der Waals surface area contributed by atoms with Gasteiger partial charge in [-0.25, -0.2) is 0 Å². The van der Waals surface area contributed by atoms with Crippen molar-refractivity contribution in [3.63, 3.8) is 0 Å². The highest BCUT2D eigenvalue weighted by Gasteiger charge is 2.00. The lowest BCUT2D eigenvalue weighted by Gasteiger charge is -2.09. The van der Waals surface area contributed by atoms with Gasteiger partial charge in [-0.3, -0.25) is 0 Å². The molecule has 0 fully saturated rings. The number of hydrogen-bond donors (Lipinski definition) is 2. The van der Waals surface area contributed by atoms with Crippen LogP contribution in [0.5, 0.6) is 5.75 Å². The molecule has 0 aliphatic carbocycles. The highest BCUT2D eigenvalue weighted by molar-refractivity contribution is 9.10. The van der Waals surface area contributed by atoms with Gasteiger partial charge in [0.25, 0.3) is 0 Å². The van der Waals surface area contributed by atoms with Gasteiger partial charge in [0.1, 0.15) is 5.75 Å². The number of nitrogens with two attached hydrogens (primary N) is 1. The molecule has 0 heterocycles. The van der Waals surface area contributed by atoms with Crippen LogP contribution >= 0.6 is 15.9 Å². The standard InChI is InChI=1S/C13H13BrN2O/c1-17-13-7-9(14)6-12(8-13)16-11-4-2-10(15)3-5-11/h2-8,16H,15H2,1H3. The number of methoxy groups -OCH3 is 1. The molecule has 0 saturated carbocycles. The van der Waals surface area contributed by atoms with Crippen LogP contribution in [0, 0.1) is 0 Å². The Bertz CT molecular complexity index is 511. The molecule has 0 spiro atoms. The van der Waals surface area contributed by atoms with Gasteiger partial charge in [-0.2, -0.15) is 0 Å². The van der Waals surface area contributed by atoms with Gasteiger partial charge >= 0.3 is 0 Å². The zero-order chi connectivity index (χ0) is 12.3. The number of halogens is 1. The van der Waals surface area contributed by atoms with Crippen LogP contribution < -0.4 is 15.8 Å². The summed E-state index contributed by atoms with van der Waals surface area (Å²) in [5, 5.41) is 3.28. The number of nitrogen functional groups attached to an aromatic ring is 1. The average Bonchev–Trinajstić information content (AvgIpc) is 2.31. The first-order valence-corrected chi connectivity index (χ1v) is 5.94. The Morgan fingerprint density at radius 3 is 2.41 bits per heavy atom. The first-order chi connectivity index (χ1) is 8.17. The van der Waals surface area contributed by atoms with E-state index in [1.807, 2.05) is 42.5 Å². The summed E-state index contributed by atoms with van der Waals surface area (Å²) in [6, 6.07) is 13.4. The van der Waals surface area contributed by atoms with Crippen molar-refractivity contribution in [2.24, 2.45) is 0 Å². The van der Waals surface area contributed by atoms with E-state index >= 15 is 0 Å². The minimum absolute atomic E-state index is 0.752. The first-order valence-electron chi connectivity index (χ1n) is 5.14. The molecule has 2 aromatic rings. The van der Waals surface area contributed by atoms with E-state index in [1.54, 1.807) is 7.11 Å². The van der Waals surface area contributed by atoms with Crippen molar-refractivity contribution < 1.29 is 4.74 Å². The molecule has 2 aromatic carbocycles. The van der Waals surface area contributed by atoms with Gasteiger partial charge < -0.3 is 15.8 Å². The Hall–Kier alpha value is -1.68. The fourth-order valence-electron chi connectivity index (χ4n) is 1.49. The second kappa shape index (κ2) is 5.10. The summed E-state index contributed by atoms with van der Waals surface area (Å²) in [6.07, 6.45) is 0. The van der Waals surface area contributed by atoms with Crippen molar-refractivity contribution in [3.05, 3.63) is 46.9 Å². The Morgan fingerprint density at radius 1 is 1.06 bits per heavy atom. The van der Waals surface area contributed by atoms with Crippen molar-refractivity contribution in [2.75, 3.05) is 18.2 Å². The minimum Gasteiger partial charge on any atom is -0.497 e. The van der Waals surface area contributed by atoms with Crippen molar-refractivity contribution in [1.29, 1.82) is 0 Å². The van der Waals surface area contributed by atoms with Crippen LogP contribution in [0.1, 0.15) is 0 Å². The summed E-state index contributed by atoms with van der Waals surface area (Å²) in [4.78, 5) is 0. The van der Waals surface area contributed by atoms with E-state index in [0.29, 0.717) is 0 Å². The molecule has 0 aliphatic heterocycles. The molecule has 0 amide bonds. The van der Waals surface area contributed by atoms with Gasteiger partial charge in [-0.1, -0.05) is 15.9 Å². The summed E-state index contributed by atoms with van der Waals surface area (Å²) >= 11 is 3.44. The lowest BCUT2D eigenvalue weighted by Crippen LogP contribution is -1.92. The van der Waals surface area contributed by atoms with E-state index in [-0.39, 0.29) is 0 Å². The van der Waals surface area contributed by atoms with Crippen LogP contribution in [0.2, 0.25) is 0 Å². The molecule has 17 heavy (non-hydrogen) atoms. The molecule has 3 nitrogen and oxygen atoms in total. The minimum atomic E-state index is 0.752. The third kappa shape index (κ3) is 3.14. The molecule has 2 rings (SSSR count). The maximum Gasteiger partial charge on any atom is 0.122 e. The number of anilines is 3. The lowest BCUT2D eigenvalue weighted by molar-refractivity contribution is 0.415. The van der Waals surface area contributed by atoms with Crippen molar-refractivity contribution in [2.45, 2.75) is 0 Å². The average molecular weight is 293 g/mol. The summed E-state index contributed by atoms with van der Waals surface area (Å²) in [6.45, 7) is 0. The van der Waals surface area contributed by atoms with E-state index in [9.17, 15) is 0 Å². The lowest BCUT2D eigenvalue weighted by atomic mass is 10.2. The molecule has 0 atom stereocenters. The predicted octanol–water partition coefficient (Wildman–Crippen LogP) is 3.78. The zero-order valence-corrected chi connectivity index (χ0v) is 11.0. The zero-order valence-electron chi connectivity index (χ0n) is 9.41. The molecule has 0 saturated heterocycles. The molecular formula is C13H13BrN2O. The summed E-state index contributed by atoms with van der Waals surface area (Å²) in [5.41, 5.74) is 8.33. The molecule has 3 N–H and O–H groups in total. The van der Waals surface area contributed by atoms with Crippen LogP contribution in [-0.2, 0) is 0 Å². The van der Waals surface area contributed by atoms with Gasteiger partial charge in [-0.15, -0.1) is 0 Å². The second-order valence-electron chi connectivity index (χ2n) is 3.63. The van der Waals surface area contributed by atoms with E-state index in [1.165, 1.54) is 0 Å². The molecule has 0 bridgehead atoms. The largest absolute Gasteiger partial charge is 0.497 e. The third-order valence-corrected chi connectivity index (χ3v) is 2.76. The monoisotopic (exact) mass is 292 g/mol. The number of nitrogens with one attached hydrogen (secondary N) is 1. The van der Waals surface area contributed by atoms with Crippen LogP contribution in [-0.4, -0.2) is 7.11 Å². The van der Waals surface area contributed by atoms with Crippen molar-refractivity contribution in [3.8, 4) is 5.75 Å². The number of benzene rings is 2. The van der Waals surface area contributed by atoms with Crippen LogP contribution in [0.4, 0.5) is 17.1 Å². The number of hydrogen-bond acceptors (Lipinski definition) is 3. The molecule has 0 aliphatic rings. The van der Waals surface area contributed by atoms with Gasteiger partial charge in [0, 0.05) is 27.6 Å². The quantitative estimate of drug-likeness (QED) is 0.847.